The Kier molecular flexibility index (Phi) is 6.46. The van der Waals surface area contributed by atoms with Crippen molar-refractivity contribution in [2.45, 2.75) is 102 Å². The molecule has 1 amide bonds. The van der Waals surface area contributed by atoms with Crippen molar-refractivity contribution in [3.8, 4) is 0 Å². The first kappa shape index (κ1) is 23.5. The first-order valence-electron chi connectivity index (χ1n) is 12.6. The third kappa shape index (κ3) is 4.31. The molecule has 9 nitrogen and oxygen atoms in total. The Balaban J connectivity index is 1.20. The van der Waals surface area contributed by atoms with E-state index in [1.54, 1.807) is 0 Å². The van der Waals surface area contributed by atoms with Gasteiger partial charge in [-0.3, -0.25) is 9.59 Å². The van der Waals surface area contributed by atoms with Crippen LogP contribution in [0.1, 0.15) is 72.1 Å². The number of hydrogen-bond donors (Lipinski definition) is 1. The molecule has 6 rings (SSSR count). The van der Waals surface area contributed by atoms with E-state index >= 15 is 0 Å². The summed E-state index contributed by atoms with van der Waals surface area (Å²) < 4.78 is 23.8. The van der Waals surface area contributed by atoms with Crippen molar-refractivity contribution in [2.75, 3.05) is 13.2 Å². The van der Waals surface area contributed by atoms with Gasteiger partial charge in [-0.25, -0.2) is 9.78 Å². The van der Waals surface area contributed by atoms with E-state index < -0.39 is 29.9 Å². The molecule has 1 aliphatic carbocycles. The number of nitrogens with one attached hydrogen (secondary N) is 1. The Labute approximate surface area is 195 Å². The van der Waals surface area contributed by atoms with Crippen molar-refractivity contribution in [3.05, 3.63) is 0 Å². The highest BCUT2D eigenvalue weighted by Gasteiger charge is 2.69. The van der Waals surface area contributed by atoms with Gasteiger partial charge in [0.05, 0.1) is 12.5 Å². The fourth-order valence-electron chi connectivity index (χ4n) is 6.53. The second kappa shape index (κ2) is 9.07. The number of fused-ring (bicyclic) bond motifs is 2. The fourth-order valence-corrected chi connectivity index (χ4v) is 6.53. The van der Waals surface area contributed by atoms with Crippen molar-refractivity contribution in [3.63, 3.8) is 0 Å². The molecule has 1 saturated carbocycles. The van der Waals surface area contributed by atoms with Gasteiger partial charge in [0, 0.05) is 37.8 Å². The fraction of sp³-hybridized carbons (Fsp3) is 0.917. The number of hydrogen-bond acceptors (Lipinski definition) is 8. The van der Waals surface area contributed by atoms with Gasteiger partial charge >= 0.3 is 5.97 Å². The molecule has 6 fully saturated rings. The van der Waals surface area contributed by atoms with E-state index in [0.29, 0.717) is 12.5 Å². The zero-order valence-corrected chi connectivity index (χ0v) is 19.9. The van der Waals surface area contributed by atoms with Crippen molar-refractivity contribution in [1.82, 2.24) is 5.32 Å². The molecule has 0 radical (unpaired) electrons. The molecule has 1 N–H and O–H groups in total. The SMILES string of the molecule is C[C@H]1[C@H](OC(=O)CCC(=O)NCC2CCCO2)O[C@@H]2O[C@@]3(C)CC[C@H]4[C@H](C)CC[C@@H]1[C@@]24OO3. The lowest BCUT2D eigenvalue weighted by Gasteiger charge is -2.59. The highest BCUT2D eigenvalue weighted by molar-refractivity contribution is 5.81. The first-order valence-corrected chi connectivity index (χ1v) is 12.6. The lowest BCUT2D eigenvalue weighted by atomic mass is 9.58. The normalized spacial score (nSPS) is 46.3. The number of esters is 1. The lowest BCUT2D eigenvalue weighted by Crippen LogP contribution is -2.70. The second-order valence-electron chi connectivity index (χ2n) is 10.7. The van der Waals surface area contributed by atoms with Crippen LogP contribution in [0.2, 0.25) is 0 Å². The van der Waals surface area contributed by atoms with Crippen LogP contribution in [0.4, 0.5) is 0 Å². The van der Waals surface area contributed by atoms with E-state index in [1.165, 1.54) is 0 Å². The zero-order valence-electron chi connectivity index (χ0n) is 19.9. The number of rotatable bonds is 6. The van der Waals surface area contributed by atoms with E-state index in [1.807, 2.05) is 13.8 Å². The molecule has 6 aliphatic rings. The molecular formula is C24H37NO8. The third-order valence-electron chi connectivity index (χ3n) is 8.45. The average Bonchev–Trinajstić information content (AvgIpc) is 3.21. The summed E-state index contributed by atoms with van der Waals surface area (Å²) in [4.78, 5) is 36.6. The molecule has 5 heterocycles. The first-order chi connectivity index (χ1) is 15.8. The summed E-state index contributed by atoms with van der Waals surface area (Å²) in [6.45, 7) is 7.40. The lowest BCUT2D eigenvalue weighted by molar-refractivity contribution is -0.576. The van der Waals surface area contributed by atoms with Crippen molar-refractivity contribution in [2.24, 2.45) is 23.7 Å². The summed E-state index contributed by atoms with van der Waals surface area (Å²) in [5, 5.41) is 2.84. The Morgan fingerprint density at radius 1 is 1.06 bits per heavy atom. The molecule has 9 heteroatoms. The molecular weight excluding hydrogens is 430 g/mol. The number of carbonyl (C=O) groups excluding carboxylic acids is 2. The summed E-state index contributed by atoms with van der Waals surface area (Å²) in [6.07, 6.45) is 4.44. The standard InChI is InChI=1S/C24H37NO8/c1-14-6-7-18-15(2)21(29-20(27)9-8-19(26)25-13-16-5-4-12-28-16)30-22-24(18)17(14)10-11-23(3,31-22)32-33-24/h14-18,21-22H,4-13H2,1-3H3,(H,25,26)/t14-,15-,16?,17+,18+,21-,22-,23-,24-/m1/s1. The number of ether oxygens (including phenoxy) is 4. The minimum Gasteiger partial charge on any atom is -0.435 e. The second-order valence-corrected chi connectivity index (χ2v) is 10.7. The highest BCUT2D eigenvalue weighted by Crippen LogP contribution is 2.60. The Hall–Kier alpha value is -1.26. The molecule has 0 aromatic heterocycles. The molecule has 1 spiro atoms. The van der Waals surface area contributed by atoms with Gasteiger partial charge in [-0.05, 0) is 50.9 Å². The van der Waals surface area contributed by atoms with Crippen LogP contribution in [-0.4, -0.2) is 55.1 Å². The van der Waals surface area contributed by atoms with Crippen LogP contribution in [0.3, 0.4) is 0 Å². The predicted molar refractivity (Wildman–Crippen MR) is 114 cm³/mol. The average molecular weight is 468 g/mol. The quantitative estimate of drug-likeness (QED) is 0.470. The van der Waals surface area contributed by atoms with Crippen molar-refractivity contribution < 1.29 is 38.3 Å². The van der Waals surface area contributed by atoms with Crippen LogP contribution < -0.4 is 5.32 Å². The van der Waals surface area contributed by atoms with Crippen LogP contribution >= 0.6 is 0 Å². The predicted octanol–water partition coefficient (Wildman–Crippen LogP) is 2.81. The van der Waals surface area contributed by atoms with Crippen LogP contribution in [-0.2, 0) is 38.3 Å². The molecule has 2 bridgehead atoms. The molecule has 5 aliphatic heterocycles. The highest BCUT2D eigenvalue weighted by atomic mass is 17.3. The van der Waals surface area contributed by atoms with Gasteiger partial charge in [-0.1, -0.05) is 13.8 Å². The van der Waals surface area contributed by atoms with Crippen LogP contribution in [0, 0.1) is 23.7 Å². The van der Waals surface area contributed by atoms with Crippen molar-refractivity contribution >= 4 is 11.9 Å². The van der Waals surface area contributed by atoms with E-state index in [2.05, 4.69) is 12.2 Å². The van der Waals surface area contributed by atoms with Gasteiger partial charge in [0.15, 0.2) is 11.9 Å². The summed E-state index contributed by atoms with van der Waals surface area (Å²) in [7, 11) is 0. The maximum atomic E-state index is 12.6. The van der Waals surface area contributed by atoms with Gasteiger partial charge in [0.25, 0.3) is 0 Å². The minimum atomic E-state index is -0.867. The zero-order chi connectivity index (χ0) is 23.2. The molecule has 0 aromatic rings. The molecule has 9 atom stereocenters. The van der Waals surface area contributed by atoms with Gasteiger partial charge in [-0.15, -0.1) is 0 Å². The third-order valence-corrected chi connectivity index (χ3v) is 8.45. The number of amides is 1. The topological polar surface area (TPSA) is 102 Å². The van der Waals surface area contributed by atoms with E-state index in [0.717, 1.165) is 45.1 Å². The molecule has 1 unspecified atom stereocenters. The van der Waals surface area contributed by atoms with Gasteiger partial charge in [0.2, 0.25) is 18.0 Å². The van der Waals surface area contributed by atoms with Crippen molar-refractivity contribution in [1.29, 1.82) is 0 Å². The monoisotopic (exact) mass is 467 g/mol. The number of carbonyl (C=O) groups is 2. The minimum absolute atomic E-state index is 0.00224. The van der Waals surface area contributed by atoms with Crippen LogP contribution in [0.15, 0.2) is 0 Å². The van der Waals surface area contributed by atoms with E-state index in [9.17, 15) is 9.59 Å². The summed E-state index contributed by atoms with van der Waals surface area (Å²) in [5.41, 5.74) is -0.682. The summed E-state index contributed by atoms with van der Waals surface area (Å²) >= 11 is 0. The molecule has 5 saturated heterocycles. The molecule has 33 heavy (non-hydrogen) atoms. The maximum absolute atomic E-state index is 12.6. The summed E-state index contributed by atoms with van der Waals surface area (Å²) in [5.74, 6) is -0.746. The van der Waals surface area contributed by atoms with Gasteiger partial charge in [-0.2, -0.15) is 0 Å². The van der Waals surface area contributed by atoms with Crippen LogP contribution in [0.5, 0.6) is 0 Å². The summed E-state index contributed by atoms with van der Waals surface area (Å²) in [6, 6.07) is 0. The van der Waals surface area contributed by atoms with Gasteiger partial charge < -0.3 is 24.3 Å². The maximum Gasteiger partial charge on any atom is 0.308 e. The smallest absolute Gasteiger partial charge is 0.308 e. The largest absolute Gasteiger partial charge is 0.435 e. The van der Waals surface area contributed by atoms with E-state index in [-0.39, 0.29) is 42.6 Å². The Morgan fingerprint density at radius 2 is 1.91 bits per heavy atom. The van der Waals surface area contributed by atoms with E-state index in [4.69, 9.17) is 28.7 Å². The van der Waals surface area contributed by atoms with Gasteiger partial charge in [0.1, 0.15) is 0 Å². The Bertz CT molecular complexity index is 757. The molecule has 0 aromatic carbocycles. The molecule has 186 valence electrons. The Morgan fingerprint density at radius 3 is 2.70 bits per heavy atom. The van der Waals surface area contributed by atoms with Crippen LogP contribution in [0.25, 0.3) is 0 Å².